The van der Waals surface area contributed by atoms with Gasteiger partial charge in [0.1, 0.15) is 11.5 Å². The summed E-state index contributed by atoms with van der Waals surface area (Å²) in [5.74, 6) is 0.972. The van der Waals surface area contributed by atoms with Crippen LogP contribution in [0.2, 0.25) is 5.02 Å². The molecule has 0 bridgehead atoms. The maximum Gasteiger partial charge on any atom is 0.259 e. The third kappa shape index (κ3) is 4.74. The molecule has 1 amide bonds. The van der Waals surface area contributed by atoms with E-state index in [-0.39, 0.29) is 12.5 Å². The molecule has 0 atom stereocenters. The van der Waals surface area contributed by atoms with E-state index in [1.807, 2.05) is 55.5 Å². The minimum atomic E-state index is -0.244. The Morgan fingerprint density at radius 1 is 1.15 bits per heavy atom. The number of hydrazone groups is 1. The van der Waals surface area contributed by atoms with E-state index in [4.69, 9.17) is 16.0 Å². The first-order valence-corrected chi connectivity index (χ1v) is 8.47. The SMILES string of the molecule is Cc1ccccc1NCC(=O)N/N=C\c1ccc(-c2cccc(Cl)c2)o1. The van der Waals surface area contributed by atoms with Crippen LogP contribution in [0, 0.1) is 6.92 Å². The van der Waals surface area contributed by atoms with Crippen LogP contribution in [-0.4, -0.2) is 18.7 Å². The zero-order chi connectivity index (χ0) is 18.4. The Hall–Kier alpha value is -3.05. The van der Waals surface area contributed by atoms with E-state index in [2.05, 4.69) is 15.8 Å². The number of amides is 1. The number of benzene rings is 2. The maximum absolute atomic E-state index is 11.8. The topological polar surface area (TPSA) is 66.6 Å². The molecule has 0 saturated heterocycles. The second kappa shape index (κ2) is 8.36. The number of nitrogens with zero attached hydrogens (tertiary/aromatic N) is 1. The van der Waals surface area contributed by atoms with Gasteiger partial charge in [0.25, 0.3) is 5.91 Å². The van der Waals surface area contributed by atoms with Crippen molar-refractivity contribution in [2.45, 2.75) is 6.92 Å². The standard InChI is InChI=1S/C20H18ClN3O2/c1-14-5-2-3-8-18(14)22-13-20(25)24-23-12-17-9-10-19(26-17)15-6-4-7-16(21)11-15/h2-12,22H,13H2,1H3,(H,24,25)/b23-12-. The Labute approximate surface area is 156 Å². The molecule has 0 aliphatic rings. The van der Waals surface area contributed by atoms with Crippen molar-refractivity contribution in [1.82, 2.24) is 5.43 Å². The van der Waals surface area contributed by atoms with Crippen molar-refractivity contribution in [3.05, 3.63) is 77.0 Å². The summed E-state index contributed by atoms with van der Waals surface area (Å²) in [6, 6.07) is 18.8. The number of anilines is 1. The number of para-hydroxylation sites is 1. The van der Waals surface area contributed by atoms with Crippen molar-refractivity contribution < 1.29 is 9.21 Å². The molecule has 3 aromatic rings. The minimum Gasteiger partial charge on any atom is -0.455 e. The number of carbonyl (C=O) groups excluding carboxylic acids is 1. The fraction of sp³-hybridized carbons (Fsp3) is 0.100. The number of hydrogen-bond donors (Lipinski definition) is 2. The zero-order valence-corrected chi connectivity index (χ0v) is 15.0. The summed E-state index contributed by atoms with van der Waals surface area (Å²) in [6.07, 6.45) is 1.46. The molecule has 132 valence electrons. The van der Waals surface area contributed by atoms with E-state index in [9.17, 15) is 4.79 Å². The smallest absolute Gasteiger partial charge is 0.259 e. The molecule has 0 radical (unpaired) electrons. The van der Waals surface area contributed by atoms with E-state index < -0.39 is 0 Å². The molecule has 6 heteroatoms. The molecule has 0 aliphatic heterocycles. The average Bonchev–Trinajstić information content (AvgIpc) is 3.10. The van der Waals surface area contributed by atoms with E-state index in [1.165, 1.54) is 6.21 Å². The largest absolute Gasteiger partial charge is 0.455 e. The summed E-state index contributed by atoms with van der Waals surface area (Å²) in [5.41, 5.74) is 5.34. The summed E-state index contributed by atoms with van der Waals surface area (Å²) < 4.78 is 5.68. The molecule has 1 heterocycles. The lowest BCUT2D eigenvalue weighted by atomic mass is 10.2. The highest BCUT2D eigenvalue weighted by atomic mass is 35.5. The van der Waals surface area contributed by atoms with E-state index in [0.717, 1.165) is 16.8 Å². The van der Waals surface area contributed by atoms with Gasteiger partial charge in [-0.2, -0.15) is 5.10 Å². The van der Waals surface area contributed by atoms with Gasteiger partial charge in [-0.05, 0) is 42.8 Å². The highest BCUT2D eigenvalue weighted by molar-refractivity contribution is 6.30. The van der Waals surface area contributed by atoms with Gasteiger partial charge >= 0.3 is 0 Å². The maximum atomic E-state index is 11.8. The predicted octanol–water partition coefficient (Wildman–Crippen LogP) is 4.47. The normalized spacial score (nSPS) is 10.8. The van der Waals surface area contributed by atoms with Crippen LogP contribution in [-0.2, 0) is 4.79 Å². The summed E-state index contributed by atoms with van der Waals surface area (Å²) in [4.78, 5) is 11.8. The predicted molar refractivity (Wildman–Crippen MR) is 105 cm³/mol. The van der Waals surface area contributed by atoms with Gasteiger partial charge in [0.15, 0.2) is 0 Å². The van der Waals surface area contributed by atoms with E-state index >= 15 is 0 Å². The minimum absolute atomic E-state index is 0.133. The Kier molecular flexibility index (Phi) is 5.71. The Morgan fingerprint density at radius 3 is 2.81 bits per heavy atom. The highest BCUT2D eigenvalue weighted by Crippen LogP contribution is 2.24. The lowest BCUT2D eigenvalue weighted by Gasteiger charge is -2.07. The number of furan rings is 1. The first kappa shape index (κ1) is 17.8. The molecule has 0 unspecified atom stereocenters. The fourth-order valence-electron chi connectivity index (χ4n) is 2.37. The van der Waals surface area contributed by atoms with Crippen molar-refractivity contribution >= 4 is 29.4 Å². The number of halogens is 1. The molecule has 0 fully saturated rings. The molecule has 3 rings (SSSR count). The Bertz CT molecular complexity index is 934. The van der Waals surface area contributed by atoms with Gasteiger partial charge in [0, 0.05) is 16.3 Å². The monoisotopic (exact) mass is 367 g/mol. The van der Waals surface area contributed by atoms with Gasteiger partial charge in [-0.15, -0.1) is 0 Å². The van der Waals surface area contributed by atoms with Crippen molar-refractivity contribution in [3.8, 4) is 11.3 Å². The number of nitrogens with one attached hydrogen (secondary N) is 2. The molecule has 26 heavy (non-hydrogen) atoms. The van der Waals surface area contributed by atoms with Crippen LogP contribution < -0.4 is 10.7 Å². The van der Waals surface area contributed by atoms with Crippen LogP contribution in [0.4, 0.5) is 5.69 Å². The lowest BCUT2D eigenvalue weighted by Crippen LogP contribution is -2.26. The van der Waals surface area contributed by atoms with Crippen LogP contribution >= 0.6 is 11.6 Å². The van der Waals surface area contributed by atoms with Gasteiger partial charge in [-0.25, -0.2) is 5.43 Å². The lowest BCUT2D eigenvalue weighted by molar-refractivity contribution is -0.119. The van der Waals surface area contributed by atoms with Crippen molar-refractivity contribution in [1.29, 1.82) is 0 Å². The van der Waals surface area contributed by atoms with E-state index in [0.29, 0.717) is 16.5 Å². The Balaban J connectivity index is 1.52. The van der Waals surface area contributed by atoms with Gasteiger partial charge < -0.3 is 9.73 Å². The first-order chi connectivity index (χ1) is 12.6. The second-order valence-corrected chi connectivity index (χ2v) is 6.11. The summed E-state index contributed by atoms with van der Waals surface area (Å²) in [5, 5.41) is 7.63. The summed E-state index contributed by atoms with van der Waals surface area (Å²) in [6.45, 7) is 2.11. The first-order valence-electron chi connectivity index (χ1n) is 8.09. The van der Waals surface area contributed by atoms with Crippen LogP contribution in [0.1, 0.15) is 11.3 Å². The summed E-state index contributed by atoms with van der Waals surface area (Å²) >= 11 is 5.98. The van der Waals surface area contributed by atoms with Gasteiger partial charge in [-0.1, -0.05) is 41.9 Å². The van der Waals surface area contributed by atoms with E-state index in [1.54, 1.807) is 12.1 Å². The molecule has 1 aromatic heterocycles. The molecule has 2 aromatic carbocycles. The van der Waals surface area contributed by atoms with Gasteiger partial charge in [-0.3, -0.25) is 4.79 Å². The molecule has 0 aliphatic carbocycles. The zero-order valence-electron chi connectivity index (χ0n) is 14.2. The third-order valence-electron chi connectivity index (χ3n) is 3.70. The molecule has 2 N–H and O–H groups in total. The van der Waals surface area contributed by atoms with Crippen molar-refractivity contribution in [2.75, 3.05) is 11.9 Å². The summed E-state index contributed by atoms with van der Waals surface area (Å²) in [7, 11) is 0. The van der Waals surface area contributed by atoms with Crippen LogP contribution in [0.25, 0.3) is 11.3 Å². The second-order valence-electron chi connectivity index (χ2n) is 5.67. The Morgan fingerprint density at radius 2 is 2.00 bits per heavy atom. The quantitative estimate of drug-likeness (QED) is 0.499. The third-order valence-corrected chi connectivity index (χ3v) is 3.94. The average molecular weight is 368 g/mol. The molecule has 0 spiro atoms. The molecular weight excluding hydrogens is 350 g/mol. The van der Waals surface area contributed by atoms with Crippen LogP contribution in [0.3, 0.4) is 0 Å². The number of aryl methyl sites for hydroxylation is 1. The molecular formula is C20H18ClN3O2. The van der Waals surface area contributed by atoms with Gasteiger partial charge in [0.2, 0.25) is 0 Å². The number of hydrogen-bond acceptors (Lipinski definition) is 4. The highest BCUT2D eigenvalue weighted by Gasteiger charge is 2.05. The van der Waals surface area contributed by atoms with Gasteiger partial charge in [0.05, 0.1) is 12.8 Å². The van der Waals surface area contributed by atoms with Crippen molar-refractivity contribution in [2.24, 2.45) is 5.10 Å². The molecule has 5 nitrogen and oxygen atoms in total. The number of carbonyl (C=O) groups is 1. The molecule has 0 saturated carbocycles. The number of rotatable bonds is 6. The van der Waals surface area contributed by atoms with Crippen LogP contribution in [0.5, 0.6) is 0 Å². The van der Waals surface area contributed by atoms with Crippen molar-refractivity contribution in [3.63, 3.8) is 0 Å². The fourth-order valence-corrected chi connectivity index (χ4v) is 2.56. The van der Waals surface area contributed by atoms with Crippen LogP contribution in [0.15, 0.2) is 70.2 Å².